The fraction of sp³-hybridized carbons (Fsp3) is 1.00. The molecule has 0 aromatic heterocycles. The highest BCUT2D eigenvalue weighted by atomic mass is 16.5. The number of ether oxygens (including phenoxy) is 1. The van der Waals surface area contributed by atoms with Crippen molar-refractivity contribution in [3.05, 3.63) is 0 Å². The summed E-state index contributed by atoms with van der Waals surface area (Å²) < 4.78 is 6.17. The zero-order valence-corrected chi connectivity index (χ0v) is 12.3. The second-order valence-corrected chi connectivity index (χ2v) is 6.47. The minimum Gasteiger partial charge on any atom is -0.378 e. The van der Waals surface area contributed by atoms with Gasteiger partial charge in [-0.15, -0.1) is 0 Å². The molecule has 1 aliphatic heterocycles. The van der Waals surface area contributed by atoms with Crippen LogP contribution in [0.25, 0.3) is 0 Å². The van der Waals surface area contributed by atoms with Gasteiger partial charge in [-0.25, -0.2) is 0 Å². The molecule has 1 saturated heterocycles. The lowest BCUT2D eigenvalue weighted by Crippen LogP contribution is -2.42. The van der Waals surface area contributed by atoms with E-state index >= 15 is 0 Å². The summed E-state index contributed by atoms with van der Waals surface area (Å²) in [5.41, 5.74) is 0. The number of hydrogen-bond donors (Lipinski definition) is 1. The first kappa shape index (κ1) is 14.3. The lowest BCUT2D eigenvalue weighted by molar-refractivity contribution is -0.0718. The fourth-order valence-corrected chi connectivity index (χ4v) is 3.85. The van der Waals surface area contributed by atoms with Gasteiger partial charge in [0.05, 0.1) is 6.10 Å². The van der Waals surface area contributed by atoms with E-state index in [-0.39, 0.29) is 0 Å². The molecule has 106 valence electrons. The van der Waals surface area contributed by atoms with Crippen LogP contribution >= 0.6 is 0 Å². The van der Waals surface area contributed by atoms with Crippen molar-refractivity contribution < 1.29 is 4.74 Å². The van der Waals surface area contributed by atoms with E-state index in [1.165, 1.54) is 51.5 Å². The highest BCUT2D eigenvalue weighted by Crippen LogP contribution is 2.37. The maximum atomic E-state index is 6.17. The van der Waals surface area contributed by atoms with Crippen LogP contribution in [0.15, 0.2) is 0 Å². The van der Waals surface area contributed by atoms with Gasteiger partial charge in [0.2, 0.25) is 0 Å². The molecule has 4 atom stereocenters. The van der Waals surface area contributed by atoms with Crippen LogP contribution in [0.1, 0.15) is 58.8 Å². The Morgan fingerprint density at radius 1 is 1.17 bits per heavy atom. The second kappa shape index (κ2) is 7.49. The van der Waals surface area contributed by atoms with Gasteiger partial charge in [0.15, 0.2) is 0 Å². The highest BCUT2D eigenvalue weighted by Gasteiger charge is 2.34. The Labute approximate surface area is 113 Å². The van der Waals surface area contributed by atoms with E-state index < -0.39 is 0 Å². The molecule has 1 heterocycles. The molecule has 0 amide bonds. The fourth-order valence-electron chi connectivity index (χ4n) is 3.85. The van der Waals surface area contributed by atoms with Crippen molar-refractivity contribution in [3.63, 3.8) is 0 Å². The molecule has 1 N–H and O–H groups in total. The van der Waals surface area contributed by atoms with Crippen molar-refractivity contribution in [2.45, 2.75) is 64.9 Å². The summed E-state index contributed by atoms with van der Waals surface area (Å²) in [6, 6.07) is 0. The van der Waals surface area contributed by atoms with E-state index in [2.05, 4.69) is 19.2 Å². The summed E-state index contributed by atoms with van der Waals surface area (Å²) >= 11 is 0. The van der Waals surface area contributed by atoms with E-state index in [1.54, 1.807) is 0 Å². The highest BCUT2D eigenvalue weighted by molar-refractivity contribution is 4.85. The van der Waals surface area contributed by atoms with E-state index in [0.717, 1.165) is 30.9 Å². The molecule has 2 fully saturated rings. The predicted molar refractivity (Wildman–Crippen MR) is 76.7 cm³/mol. The van der Waals surface area contributed by atoms with Crippen LogP contribution in [0.3, 0.4) is 0 Å². The third kappa shape index (κ3) is 3.96. The molecular weight excluding hydrogens is 222 g/mol. The number of hydrogen-bond acceptors (Lipinski definition) is 2. The molecule has 2 rings (SSSR count). The maximum Gasteiger partial charge on any atom is 0.0643 e. The molecule has 0 aromatic carbocycles. The lowest BCUT2D eigenvalue weighted by Gasteiger charge is -2.40. The molecule has 18 heavy (non-hydrogen) atoms. The van der Waals surface area contributed by atoms with E-state index in [9.17, 15) is 0 Å². The molecule has 2 nitrogen and oxygen atoms in total. The average molecular weight is 253 g/mol. The zero-order valence-electron chi connectivity index (χ0n) is 12.3. The van der Waals surface area contributed by atoms with Crippen molar-refractivity contribution in [2.75, 3.05) is 19.7 Å². The van der Waals surface area contributed by atoms with Crippen molar-refractivity contribution in [3.8, 4) is 0 Å². The molecule has 0 bridgehead atoms. The number of nitrogens with one attached hydrogen (secondary N) is 1. The third-order valence-electron chi connectivity index (χ3n) is 4.77. The normalized spacial score (nSPS) is 37.7. The Hall–Kier alpha value is -0.0800. The van der Waals surface area contributed by atoms with Crippen molar-refractivity contribution in [1.29, 1.82) is 0 Å². The van der Waals surface area contributed by atoms with Crippen LogP contribution in [-0.2, 0) is 4.74 Å². The molecular formula is C16H31NO. The largest absolute Gasteiger partial charge is 0.378 e. The van der Waals surface area contributed by atoms with Crippen molar-refractivity contribution >= 4 is 0 Å². The Morgan fingerprint density at radius 2 is 2.06 bits per heavy atom. The predicted octanol–water partition coefficient (Wildman–Crippen LogP) is 3.61. The van der Waals surface area contributed by atoms with Crippen LogP contribution in [0, 0.1) is 17.8 Å². The van der Waals surface area contributed by atoms with Crippen LogP contribution in [-0.4, -0.2) is 25.8 Å². The topological polar surface area (TPSA) is 21.3 Å². The van der Waals surface area contributed by atoms with Gasteiger partial charge in [0.1, 0.15) is 0 Å². The second-order valence-electron chi connectivity index (χ2n) is 6.47. The molecule has 0 aromatic rings. The molecule has 0 spiro atoms. The van der Waals surface area contributed by atoms with Crippen molar-refractivity contribution in [1.82, 2.24) is 5.32 Å². The zero-order chi connectivity index (χ0) is 12.8. The summed E-state index contributed by atoms with van der Waals surface area (Å²) in [6.07, 6.45) is 10.1. The first-order valence-electron chi connectivity index (χ1n) is 8.13. The smallest absolute Gasteiger partial charge is 0.0643 e. The molecule has 2 aliphatic rings. The third-order valence-corrected chi connectivity index (χ3v) is 4.77. The van der Waals surface area contributed by atoms with Gasteiger partial charge in [-0.2, -0.15) is 0 Å². The minimum absolute atomic E-state index is 0.547. The molecule has 0 radical (unpaired) electrons. The van der Waals surface area contributed by atoms with E-state index in [0.29, 0.717) is 6.10 Å². The molecule has 2 heteroatoms. The molecule has 1 aliphatic carbocycles. The average Bonchev–Trinajstić information content (AvgIpc) is 2.40. The Morgan fingerprint density at radius 3 is 2.83 bits per heavy atom. The van der Waals surface area contributed by atoms with Gasteiger partial charge in [-0.1, -0.05) is 26.7 Å². The lowest BCUT2D eigenvalue weighted by atomic mass is 9.74. The summed E-state index contributed by atoms with van der Waals surface area (Å²) in [5.74, 6) is 2.52. The summed E-state index contributed by atoms with van der Waals surface area (Å²) in [6.45, 7) is 7.98. The Balaban J connectivity index is 1.85. The van der Waals surface area contributed by atoms with Gasteiger partial charge in [0, 0.05) is 13.2 Å². The SMILES string of the molecule is CCCNCC1CCCOC1C1CCCC(C)C1. The van der Waals surface area contributed by atoms with Gasteiger partial charge < -0.3 is 10.1 Å². The Kier molecular flexibility index (Phi) is 5.97. The maximum absolute atomic E-state index is 6.17. The van der Waals surface area contributed by atoms with Crippen molar-refractivity contribution in [2.24, 2.45) is 17.8 Å². The van der Waals surface area contributed by atoms with Gasteiger partial charge >= 0.3 is 0 Å². The monoisotopic (exact) mass is 253 g/mol. The first-order valence-corrected chi connectivity index (χ1v) is 8.13. The Bertz CT molecular complexity index is 231. The van der Waals surface area contributed by atoms with Gasteiger partial charge in [-0.05, 0) is 56.4 Å². The van der Waals surface area contributed by atoms with Crippen LogP contribution in [0.2, 0.25) is 0 Å². The quantitative estimate of drug-likeness (QED) is 0.756. The van der Waals surface area contributed by atoms with Crippen LogP contribution in [0.5, 0.6) is 0 Å². The van der Waals surface area contributed by atoms with Crippen LogP contribution < -0.4 is 5.32 Å². The summed E-state index contributed by atoms with van der Waals surface area (Å²) in [5, 5.41) is 3.61. The molecule has 1 saturated carbocycles. The summed E-state index contributed by atoms with van der Waals surface area (Å²) in [4.78, 5) is 0. The van der Waals surface area contributed by atoms with Gasteiger partial charge in [0.25, 0.3) is 0 Å². The van der Waals surface area contributed by atoms with Crippen LogP contribution in [0.4, 0.5) is 0 Å². The van der Waals surface area contributed by atoms with E-state index in [4.69, 9.17) is 4.74 Å². The summed E-state index contributed by atoms with van der Waals surface area (Å²) in [7, 11) is 0. The minimum atomic E-state index is 0.547. The first-order chi connectivity index (χ1) is 8.81. The number of rotatable bonds is 5. The standard InChI is InChI=1S/C16H31NO/c1-3-9-17-12-15-8-5-10-18-16(15)14-7-4-6-13(2)11-14/h13-17H,3-12H2,1-2H3. The van der Waals surface area contributed by atoms with E-state index in [1.807, 2.05) is 0 Å². The molecule has 4 unspecified atom stereocenters. The van der Waals surface area contributed by atoms with Gasteiger partial charge in [-0.3, -0.25) is 0 Å².